The average molecular weight is 382 g/mol. The van der Waals surface area contributed by atoms with E-state index in [1.165, 1.54) is 0 Å². The van der Waals surface area contributed by atoms with E-state index in [2.05, 4.69) is 15.6 Å². The highest BCUT2D eigenvalue weighted by Crippen LogP contribution is 2.28. The molecule has 6 nitrogen and oxygen atoms in total. The first-order valence-electron chi connectivity index (χ1n) is 8.92. The molecule has 1 fully saturated rings. The third-order valence-electron chi connectivity index (χ3n) is 4.73. The first-order chi connectivity index (χ1) is 13.2. The number of halogens is 1. The summed E-state index contributed by atoms with van der Waals surface area (Å²) in [5.74, 6) is 0.00549. The molecule has 1 N–H and O–H groups in total. The lowest BCUT2D eigenvalue weighted by Gasteiger charge is -2.37. The van der Waals surface area contributed by atoms with Gasteiger partial charge < -0.3 is 10.2 Å². The minimum absolute atomic E-state index is 0.00549. The summed E-state index contributed by atoms with van der Waals surface area (Å²) in [4.78, 5) is 14.9. The Morgan fingerprint density at radius 2 is 1.93 bits per heavy atom. The SMILES string of the molecule is O=C(Cn1cc(-c2ccccc2)nn1)N1CCNCC1c1ccccc1Cl. The van der Waals surface area contributed by atoms with E-state index in [0.717, 1.165) is 23.4 Å². The molecule has 138 valence electrons. The molecule has 0 spiro atoms. The molecule has 1 atom stereocenters. The van der Waals surface area contributed by atoms with E-state index in [0.29, 0.717) is 18.1 Å². The molecule has 0 bridgehead atoms. The second-order valence-electron chi connectivity index (χ2n) is 6.50. The Morgan fingerprint density at radius 1 is 1.15 bits per heavy atom. The summed E-state index contributed by atoms with van der Waals surface area (Å²) in [7, 11) is 0. The topological polar surface area (TPSA) is 63.1 Å². The smallest absolute Gasteiger partial charge is 0.244 e. The van der Waals surface area contributed by atoms with E-state index in [-0.39, 0.29) is 18.5 Å². The summed E-state index contributed by atoms with van der Waals surface area (Å²) in [6.07, 6.45) is 1.81. The molecule has 1 aliphatic rings. The van der Waals surface area contributed by atoms with Gasteiger partial charge in [0.1, 0.15) is 12.2 Å². The molecule has 7 heteroatoms. The van der Waals surface area contributed by atoms with Gasteiger partial charge >= 0.3 is 0 Å². The number of carbonyl (C=O) groups excluding carboxylic acids is 1. The number of rotatable bonds is 4. The summed E-state index contributed by atoms with van der Waals surface area (Å²) in [6, 6.07) is 17.4. The van der Waals surface area contributed by atoms with Crippen LogP contribution >= 0.6 is 11.6 Å². The molecule has 3 aromatic rings. The van der Waals surface area contributed by atoms with Gasteiger partial charge in [-0.05, 0) is 11.6 Å². The summed E-state index contributed by atoms with van der Waals surface area (Å²) >= 11 is 6.37. The summed E-state index contributed by atoms with van der Waals surface area (Å²) in [5, 5.41) is 12.3. The van der Waals surface area contributed by atoms with Gasteiger partial charge in [0.15, 0.2) is 0 Å². The fraction of sp³-hybridized carbons (Fsp3) is 0.250. The van der Waals surface area contributed by atoms with Crippen molar-refractivity contribution in [2.75, 3.05) is 19.6 Å². The molecule has 27 heavy (non-hydrogen) atoms. The number of hydrogen-bond donors (Lipinski definition) is 1. The van der Waals surface area contributed by atoms with Gasteiger partial charge in [0.05, 0.1) is 12.2 Å². The predicted octanol–water partition coefficient (Wildman–Crippen LogP) is 2.77. The molecular weight excluding hydrogens is 362 g/mol. The number of nitrogens with one attached hydrogen (secondary N) is 1. The minimum Gasteiger partial charge on any atom is -0.331 e. The summed E-state index contributed by atoms with van der Waals surface area (Å²) in [6.45, 7) is 2.23. The van der Waals surface area contributed by atoms with E-state index in [9.17, 15) is 4.79 Å². The fourth-order valence-corrected chi connectivity index (χ4v) is 3.63. The number of amides is 1. The number of aromatic nitrogens is 3. The first kappa shape index (κ1) is 17.7. The van der Waals surface area contributed by atoms with E-state index < -0.39 is 0 Å². The van der Waals surface area contributed by atoms with Gasteiger partial charge in [0, 0.05) is 30.2 Å². The number of benzene rings is 2. The Hall–Kier alpha value is -2.70. The highest BCUT2D eigenvalue weighted by molar-refractivity contribution is 6.31. The van der Waals surface area contributed by atoms with Crippen LogP contribution in [0.25, 0.3) is 11.3 Å². The van der Waals surface area contributed by atoms with E-state index in [4.69, 9.17) is 11.6 Å². The standard InChI is InChI=1S/C20H20ClN5O/c21-17-9-5-4-8-16(17)19-12-22-10-11-26(19)20(27)14-25-13-18(23-24-25)15-6-2-1-3-7-15/h1-9,13,19,22H,10-12,14H2. The normalized spacial score (nSPS) is 17.1. The molecule has 4 rings (SSSR count). The number of piperazine rings is 1. The van der Waals surface area contributed by atoms with Crippen LogP contribution in [-0.2, 0) is 11.3 Å². The van der Waals surface area contributed by atoms with Crippen LogP contribution in [0.3, 0.4) is 0 Å². The van der Waals surface area contributed by atoms with Crippen LogP contribution < -0.4 is 5.32 Å². The van der Waals surface area contributed by atoms with E-state index in [1.54, 1.807) is 10.9 Å². The molecule has 1 unspecified atom stereocenters. The number of carbonyl (C=O) groups is 1. The molecule has 1 aliphatic heterocycles. The van der Waals surface area contributed by atoms with Gasteiger partial charge in [0.2, 0.25) is 5.91 Å². The maximum Gasteiger partial charge on any atom is 0.244 e. The zero-order chi connectivity index (χ0) is 18.6. The highest BCUT2D eigenvalue weighted by atomic mass is 35.5. The monoisotopic (exact) mass is 381 g/mol. The maximum absolute atomic E-state index is 13.0. The van der Waals surface area contributed by atoms with Crippen molar-refractivity contribution < 1.29 is 4.79 Å². The molecule has 2 aromatic carbocycles. The summed E-state index contributed by atoms with van der Waals surface area (Å²) in [5.41, 5.74) is 2.70. The molecule has 2 heterocycles. The fourth-order valence-electron chi connectivity index (χ4n) is 3.37. The van der Waals surface area contributed by atoms with Crippen molar-refractivity contribution in [1.29, 1.82) is 0 Å². The quantitative estimate of drug-likeness (QED) is 0.754. The largest absolute Gasteiger partial charge is 0.331 e. The Kier molecular flexibility index (Phi) is 5.18. The van der Waals surface area contributed by atoms with Crippen molar-refractivity contribution in [2.45, 2.75) is 12.6 Å². The van der Waals surface area contributed by atoms with Crippen molar-refractivity contribution in [3.63, 3.8) is 0 Å². The average Bonchev–Trinajstić information content (AvgIpc) is 3.17. The first-order valence-corrected chi connectivity index (χ1v) is 9.30. The van der Waals surface area contributed by atoms with E-state index in [1.807, 2.05) is 59.5 Å². The Balaban J connectivity index is 1.51. The van der Waals surface area contributed by atoms with Gasteiger partial charge in [-0.15, -0.1) is 5.10 Å². The lowest BCUT2D eigenvalue weighted by Crippen LogP contribution is -2.49. The molecule has 1 aromatic heterocycles. The van der Waals surface area contributed by atoms with Crippen LogP contribution in [0.4, 0.5) is 0 Å². The van der Waals surface area contributed by atoms with Crippen LogP contribution in [0.1, 0.15) is 11.6 Å². The summed E-state index contributed by atoms with van der Waals surface area (Å²) < 4.78 is 1.59. The molecule has 0 aliphatic carbocycles. The third-order valence-corrected chi connectivity index (χ3v) is 5.08. The highest BCUT2D eigenvalue weighted by Gasteiger charge is 2.29. The maximum atomic E-state index is 13.0. The van der Waals surface area contributed by atoms with Gasteiger partial charge in [-0.3, -0.25) is 4.79 Å². The second-order valence-corrected chi connectivity index (χ2v) is 6.90. The molecule has 0 radical (unpaired) electrons. The lowest BCUT2D eigenvalue weighted by atomic mass is 10.0. The predicted molar refractivity (Wildman–Crippen MR) is 104 cm³/mol. The molecule has 0 saturated carbocycles. The number of nitrogens with zero attached hydrogens (tertiary/aromatic N) is 4. The third kappa shape index (κ3) is 3.86. The van der Waals surface area contributed by atoms with Crippen molar-refractivity contribution in [1.82, 2.24) is 25.2 Å². The Bertz CT molecular complexity index is 927. The Morgan fingerprint density at radius 3 is 2.74 bits per heavy atom. The zero-order valence-corrected chi connectivity index (χ0v) is 15.5. The van der Waals surface area contributed by atoms with Crippen LogP contribution in [0.2, 0.25) is 5.02 Å². The van der Waals surface area contributed by atoms with Crippen molar-refractivity contribution >= 4 is 17.5 Å². The molecule has 1 saturated heterocycles. The van der Waals surface area contributed by atoms with Crippen LogP contribution in [-0.4, -0.2) is 45.4 Å². The van der Waals surface area contributed by atoms with Crippen LogP contribution in [0.15, 0.2) is 60.8 Å². The van der Waals surface area contributed by atoms with Crippen molar-refractivity contribution in [3.05, 3.63) is 71.4 Å². The number of hydrogen-bond acceptors (Lipinski definition) is 4. The van der Waals surface area contributed by atoms with Crippen LogP contribution in [0, 0.1) is 0 Å². The van der Waals surface area contributed by atoms with Gasteiger partial charge in [-0.1, -0.05) is 65.3 Å². The lowest BCUT2D eigenvalue weighted by molar-refractivity contribution is -0.135. The molecule has 1 amide bonds. The van der Waals surface area contributed by atoms with Crippen molar-refractivity contribution in [2.24, 2.45) is 0 Å². The van der Waals surface area contributed by atoms with Crippen LogP contribution in [0.5, 0.6) is 0 Å². The van der Waals surface area contributed by atoms with Gasteiger partial charge in [-0.25, -0.2) is 4.68 Å². The van der Waals surface area contributed by atoms with Gasteiger partial charge in [-0.2, -0.15) is 0 Å². The second kappa shape index (κ2) is 7.90. The Labute approximate surface area is 162 Å². The van der Waals surface area contributed by atoms with Gasteiger partial charge in [0.25, 0.3) is 0 Å². The van der Waals surface area contributed by atoms with E-state index >= 15 is 0 Å². The zero-order valence-electron chi connectivity index (χ0n) is 14.8. The minimum atomic E-state index is -0.0861. The molecular formula is C20H20ClN5O. The van der Waals surface area contributed by atoms with Crippen molar-refractivity contribution in [3.8, 4) is 11.3 Å².